The number of para-hydroxylation sites is 1. The van der Waals surface area contributed by atoms with Gasteiger partial charge in [-0.05, 0) is 36.1 Å². The molecular weight excluding hydrogens is 278 g/mol. The standard InChI is InChI=1S/C15H14ClNOS/c1-19-14-8-3-2-7-13(14)17-15(18)10-11-5-4-6-12(16)9-11/h2-9H,10H2,1H3,(H,17,18). The minimum absolute atomic E-state index is 0.0382. The van der Waals surface area contributed by atoms with Gasteiger partial charge in [-0.25, -0.2) is 0 Å². The smallest absolute Gasteiger partial charge is 0.228 e. The Bertz CT molecular complexity index is 586. The van der Waals surface area contributed by atoms with Crippen LogP contribution < -0.4 is 5.32 Å². The van der Waals surface area contributed by atoms with Crippen molar-refractivity contribution in [1.29, 1.82) is 0 Å². The Morgan fingerprint density at radius 2 is 2.00 bits per heavy atom. The molecule has 1 amide bonds. The molecule has 0 atom stereocenters. The third kappa shape index (κ3) is 4.01. The predicted octanol–water partition coefficient (Wildman–Crippen LogP) is 4.24. The molecule has 4 heteroatoms. The number of carbonyl (C=O) groups is 1. The summed E-state index contributed by atoms with van der Waals surface area (Å²) in [6.07, 6.45) is 2.31. The molecule has 0 heterocycles. The SMILES string of the molecule is CSc1ccccc1NC(=O)Cc1cccc(Cl)c1. The number of hydrogen-bond donors (Lipinski definition) is 1. The zero-order valence-electron chi connectivity index (χ0n) is 10.5. The Morgan fingerprint density at radius 3 is 2.74 bits per heavy atom. The second kappa shape index (κ2) is 6.64. The molecular formula is C15H14ClNOS. The van der Waals surface area contributed by atoms with E-state index >= 15 is 0 Å². The molecule has 0 spiro atoms. The van der Waals surface area contributed by atoms with Crippen molar-refractivity contribution in [3.63, 3.8) is 0 Å². The van der Waals surface area contributed by atoms with E-state index in [0.29, 0.717) is 11.4 Å². The molecule has 2 rings (SSSR count). The minimum atomic E-state index is -0.0382. The first-order valence-electron chi connectivity index (χ1n) is 5.86. The van der Waals surface area contributed by atoms with Crippen LogP contribution in [0, 0.1) is 0 Å². The highest BCUT2D eigenvalue weighted by molar-refractivity contribution is 7.98. The molecule has 0 saturated carbocycles. The first-order chi connectivity index (χ1) is 9.19. The number of thioether (sulfide) groups is 1. The predicted molar refractivity (Wildman–Crippen MR) is 82.0 cm³/mol. The summed E-state index contributed by atoms with van der Waals surface area (Å²) in [7, 11) is 0. The maximum absolute atomic E-state index is 12.0. The Kier molecular flexibility index (Phi) is 4.88. The summed E-state index contributed by atoms with van der Waals surface area (Å²) in [5, 5.41) is 3.57. The minimum Gasteiger partial charge on any atom is -0.325 e. The summed E-state index contributed by atoms with van der Waals surface area (Å²) in [6, 6.07) is 15.1. The van der Waals surface area contributed by atoms with Gasteiger partial charge in [-0.1, -0.05) is 35.9 Å². The van der Waals surface area contributed by atoms with Gasteiger partial charge in [0, 0.05) is 9.92 Å². The van der Waals surface area contributed by atoms with Crippen LogP contribution in [0.1, 0.15) is 5.56 Å². The molecule has 0 saturated heterocycles. The monoisotopic (exact) mass is 291 g/mol. The van der Waals surface area contributed by atoms with Crippen molar-refractivity contribution >= 4 is 35.0 Å². The van der Waals surface area contributed by atoms with Gasteiger partial charge in [-0.2, -0.15) is 0 Å². The molecule has 0 bridgehead atoms. The van der Waals surface area contributed by atoms with Crippen molar-refractivity contribution in [1.82, 2.24) is 0 Å². The second-order valence-electron chi connectivity index (χ2n) is 4.06. The fourth-order valence-electron chi connectivity index (χ4n) is 1.77. The summed E-state index contributed by atoms with van der Waals surface area (Å²) in [6.45, 7) is 0. The van der Waals surface area contributed by atoms with Crippen molar-refractivity contribution in [2.75, 3.05) is 11.6 Å². The number of anilines is 1. The van der Waals surface area contributed by atoms with E-state index in [0.717, 1.165) is 16.1 Å². The molecule has 0 fully saturated rings. The lowest BCUT2D eigenvalue weighted by Gasteiger charge is -2.09. The van der Waals surface area contributed by atoms with Crippen LogP contribution in [-0.4, -0.2) is 12.2 Å². The van der Waals surface area contributed by atoms with Gasteiger partial charge < -0.3 is 5.32 Å². The van der Waals surface area contributed by atoms with Crippen molar-refractivity contribution < 1.29 is 4.79 Å². The van der Waals surface area contributed by atoms with Gasteiger partial charge in [0.1, 0.15) is 0 Å². The van der Waals surface area contributed by atoms with Crippen LogP contribution in [0.25, 0.3) is 0 Å². The number of carbonyl (C=O) groups excluding carboxylic acids is 1. The van der Waals surface area contributed by atoms with Gasteiger partial charge in [0.15, 0.2) is 0 Å². The van der Waals surface area contributed by atoms with Gasteiger partial charge >= 0.3 is 0 Å². The van der Waals surface area contributed by atoms with Crippen LogP contribution in [0.2, 0.25) is 5.02 Å². The number of hydrogen-bond acceptors (Lipinski definition) is 2. The topological polar surface area (TPSA) is 29.1 Å². The van der Waals surface area contributed by atoms with Crippen LogP contribution >= 0.6 is 23.4 Å². The van der Waals surface area contributed by atoms with E-state index < -0.39 is 0 Å². The van der Waals surface area contributed by atoms with Crippen molar-refractivity contribution in [2.24, 2.45) is 0 Å². The zero-order valence-corrected chi connectivity index (χ0v) is 12.1. The Morgan fingerprint density at radius 1 is 1.21 bits per heavy atom. The highest BCUT2D eigenvalue weighted by Crippen LogP contribution is 2.24. The van der Waals surface area contributed by atoms with Crippen molar-refractivity contribution in [3.8, 4) is 0 Å². The van der Waals surface area contributed by atoms with E-state index in [1.807, 2.05) is 48.7 Å². The Labute approximate surface area is 122 Å². The molecule has 2 aromatic carbocycles. The molecule has 0 radical (unpaired) electrons. The number of benzene rings is 2. The van der Waals surface area contributed by atoms with Crippen LogP contribution in [0.4, 0.5) is 5.69 Å². The maximum atomic E-state index is 12.0. The average molecular weight is 292 g/mol. The van der Waals surface area contributed by atoms with Crippen LogP contribution in [0.5, 0.6) is 0 Å². The van der Waals surface area contributed by atoms with Gasteiger partial charge in [-0.3, -0.25) is 4.79 Å². The third-order valence-corrected chi connectivity index (χ3v) is 3.67. The molecule has 98 valence electrons. The molecule has 19 heavy (non-hydrogen) atoms. The molecule has 0 aromatic heterocycles. The maximum Gasteiger partial charge on any atom is 0.228 e. The highest BCUT2D eigenvalue weighted by atomic mass is 35.5. The fraction of sp³-hybridized carbons (Fsp3) is 0.133. The first-order valence-corrected chi connectivity index (χ1v) is 7.46. The molecule has 2 nitrogen and oxygen atoms in total. The van der Waals surface area contributed by atoms with E-state index in [2.05, 4.69) is 5.32 Å². The van der Waals surface area contributed by atoms with Crippen LogP contribution in [-0.2, 0) is 11.2 Å². The number of nitrogens with one attached hydrogen (secondary N) is 1. The summed E-state index contributed by atoms with van der Waals surface area (Å²) < 4.78 is 0. The lowest BCUT2D eigenvalue weighted by Crippen LogP contribution is -2.14. The molecule has 2 aromatic rings. The Hall–Kier alpha value is -1.45. The van der Waals surface area contributed by atoms with E-state index in [1.165, 1.54) is 0 Å². The number of amides is 1. The van der Waals surface area contributed by atoms with Crippen LogP contribution in [0.3, 0.4) is 0 Å². The van der Waals surface area contributed by atoms with E-state index in [9.17, 15) is 4.79 Å². The summed E-state index contributed by atoms with van der Waals surface area (Å²) in [5.41, 5.74) is 1.76. The Balaban J connectivity index is 2.05. The van der Waals surface area contributed by atoms with Gasteiger partial charge in [-0.15, -0.1) is 11.8 Å². The molecule has 1 N–H and O–H groups in total. The van der Waals surface area contributed by atoms with Gasteiger partial charge in [0.2, 0.25) is 5.91 Å². The van der Waals surface area contributed by atoms with E-state index in [1.54, 1.807) is 17.8 Å². The van der Waals surface area contributed by atoms with E-state index in [4.69, 9.17) is 11.6 Å². The zero-order chi connectivity index (χ0) is 13.7. The molecule has 0 unspecified atom stereocenters. The highest BCUT2D eigenvalue weighted by Gasteiger charge is 2.07. The van der Waals surface area contributed by atoms with Crippen molar-refractivity contribution in [3.05, 3.63) is 59.1 Å². The second-order valence-corrected chi connectivity index (χ2v) is 5.34. The fourth-order valence-corrected chi connectivity index (χ4v) is 2.54. The molecule has 0 aliphatic carbocycles. The summed E-state index contributed by atoms with van der Waals surface area (Å²) >= 11 is 7.51. The van der Waals surface area contributed by atoms with Crippen molar-refractivity contribution in [2.45, 2.75) is 11.3 Å². The largest absolute Gasteiger partial charge is 0.325 e. The van der Waals surface area contributed by atoms with Crippen LogP contribution in [0.15, 0.2) is 53.4 Å². The summed E-state index contributed by atoms with van der Waals surface area (Å²) in [5.74, 6) is -0.0382. The number of rotatable bonds is 4. The van der Waals surface area contributed by atoms with Gasteiger partial charge in [0.05, 0.1) is 12.1 Å². The van der Waals surface area contributed by atoms with Gasteiger partial charge in [0.25, 0.3) is 0 Å². The third-order valence-electron chi connectivity index (χ3n) is 2.63. The normalized spacial score (nSPS) is 10.2. The number of halogens is 1. The molecule has 0 aliphatic rings. The summed E-state index contributed by atoms with van der Waals surface area (Å²) in [4.78, 5) is 13.1. The van der Waals surface area contributed by atoms with E-state index in [-0.39, 0.29) is 5.91 Å². The molecule has 0 aliphatic heterocycles. The average Bonchev–Trinajstić information content (AvgIpc) is 2.39. The lowest BCUT2D eigenvalue weighted by atomic mass is 10.1. The lowest BCUT2D eigenvalue weighted by molar-refractivity contribution is -0.115. The first kappa shape index (κ1) is 14.0. The quantitative estimate of drug-likeness (QED) is 0.854.